The molecule has 6 nitrogen and oxygen atoms in total. The number of nitrogens with one attached hydrogen (secondary N) is 1. The van der Waals surface area contributed by atoms with Crippen LogP contribution in [0.4, 0.5) is 15.8 Å². The highest BCUT2D eigenvalue weighted by Gasteiger charge is 2.05. The molecule has 1 amide bonds. The number of hydrogen-bond donors (Lipinski definition) is 2. The lowest BCUT2D eigenvalue weighted by molar-refractivity contribution is 0.0954. The van der Waals surface area contributed by atoms with Crippen molar-refractivity contribution in [1.82, 2.24) is 5.43 Å². The number of hydrazone groups is 1. The fourth-order valence-electron chi connectivity index (χ4n) is 2.17. The minimum atomic E-state index is -0.565. The Labute approximate surface area is 154 Å². The van der Waals surface area contributed by atoms with Crippen LogP contribution >= 0.6 is 0 Å². The van der Waals surface area contributed by atoms with E-state index in [1.54, 1.807) is 12.1 Å². The third-order valence-electron chi connectivity index (χ3n) is 3.50. The minimum absolute atomic E-state index is 0.0302. The first-order valence-corrected chi connectivity index (χ1v) is 8.00. The fraction of sp³-hybridized carbons (Fsp3) is 0. The second-order valence-corrected chi connectivity index (χ2v) is 5.49. The fourth-order valence-corrected chi connectivity index (χ4v) is 2.17. The lowest BCUT2D eigenvalue weighted by atomic mass is 10.2. The Balaban J connectivity index is 1.70. The highest BCUT2D eigenvalue weighted by molar-refractivity contribution is 5.95. The number of aromatic hydroxyl groups is 1. The zero-order valence-corrected chi connectivity index (χ0v) is 14.1. The summed E-state index contributed by atoms with van der Waals surface area (Å²) in [6, 6.07) is 19.1. The summed E-state index contributed by atoms with van der Waals surface area (Å²) < 4.78 is 13.1. The summed E-state index contributed by atoms with van der Waals surface area (Å²) in [5, 5.41) is 21.9. The highest BCUT2D eigenvalue weighted by atomic mass is 19.1. The van der Waals surface area contributed by atoms with Crippen molar-refractivity contribution < 1.29 is 14.3 Å². The number of amides is 1. The number of hydrogen-bond acceptors (Lipinski definition) is 5. The van der Waals surface area contributed by atoms with E-state index in [0.717, 1.165) is 6.07 Å². The quantitative estimate of drug-likeness (QED) is 0.391. The van der Waals surface area contributed by atoms with E-state index in [9.17, 15) is 14.3 Å². The van der Waals surface area contributed by atoms with Crippen molar-refractivity contribution in [2.45, 2.75) is 0 Å². The SMILES string of the molecule is O=C(N/N=C/c1cc(N=Nc2ccccc2)ccc1O)c1cccc(F)c1. The smallest absolute Gasteiger partial charge is 0.271 e. The molecule has 0 heterocycles. The number of rotatable bonds is 5. The van der Waals surface area contributed by atoms with Crippen LogP contribution in [-0.2, 0) is 0 Å². The van der Waals surface area contributed by atoms with Crippen molar-refractivity contribution in [3.05, 3.63) is 89.7 Å². The van der Waals surface area contributed by atoms with Gasteiger partial charge in [0.1, 0.15) is 11.6 Å². The predicted molar refractivity (Wildman–Crippen MR) is 100 cm³/mol. The van der Waals surface area contributed by atoms with Crippen molar-refractivity contribution in [2.24, 2.45) is 15.3 Å². The molecule has 0 aliphatic carbocycles. The molecule has 3 aromatic carbocycles. The molecule has 3 aromatic rings. The van der Waals surface area contributed by atoms with Crippen LogP contribution in [0.15, 0.2) is 88.1 Å². The van der Waals surface area contributed by atoms with Crippen LogP contribution in [0.3, 0.4) is 0 Å². The van der Waals surface area contributed by atoms with Crippen LogP contribution in [0, 0.1) is 5.82 Å². The molecule has 7 heteroatoms. The molecule has 2 N–H and O–H groups in total. The number of azo groups is 1. The number of carbonyl (C=O) groups is 1. The zero-order chi connectivity index (χ0) is 19.1. The van der Waals surface area contributed by atoms with Gasteiger partial charge in [0.05, 0.1) is 17.6 Å². The molecule has 0 radical (unpaired) electrons. The average molecular weight is 362 g/mol. The molecule has 27 heavy (non-hydrogen) atoms. The van der Waals surface area contributed by atoms with Crippen molar-refractivity contribution in [2.75, 3.05) is 0 Å². The molecule has 0 atom stereocenters. The van der Waals surface area contributed by atoms with E-state index in [1.165, 1.54) is 30.5 Å². The maximum absolute atomic E-state index is 13.1. The lowest BCUT2D eigenvalue weighted by Crippen LogP contribution is -2.17. The Hall–Kier alpha value is -3.87. The van der Waals surface area contributed by atoms with Gasteiger partial charge in [-0.05, 0) is 48.5 Å². The monoisotopic (exact) mass is 362 g/mol. The summed E-state index contributed by atoms with van der Waals surface area (Å²) in [7, 11) is 0. The summed E-state index contributed by atoms with van der Waals surface area (Å²) in [5.41, 5.74) is 3.97. The molecule has 3 rings (SSSR count). The Morgan fingerprint density at radius 3 is 2.48 bits per heavy atom. The lowest BCUT2D eigenvalue weighted by Gasteiger charge is -2.02. The van der Waals surface area contributed by atoms with E-state index >= 15 is 0 Å². The van der Waals surface area contributed by atoms with E-state index in [-0.39, 0.29) is 11.3 Å². The van der Waals surface area contributed by atoms with Gasteiger partial charge in [0.25, 0.3) is 5.91 Å². The summed E-state index contributed by atoms with van der Waals surface area (Å²) in [6.45, 7) is 0. The Morgan fingerprint density at radius 1 is 0.926 bits per heavy atom. The molecule has 0 aliphatic rings. The standard InChI is InChI=1S/C20H15FN4O2/c21-16-6-4-5-14(11-16)20(27)25-22-13-15-12-18(9-10-19(15)26)24-23-17-7-2-1-3-8-17/h1-13,26H,(H,25,27)/b22-13+,24-23?. The van der Waals surface area contributed by atoms with Crippen LogP contribution in [-0.4, -0.2) is 17.2 Å². The number of nitrogens with zero attached hydrogens (tertiary/aromatic N) is 3. The zero-order valence-electron chi connectivity index (χ0n) is 14.1. The van der Waals surface area contributed by atoms with Gasteiger partial charge in [-0.3, -0.25) is 4.79 Å². The average Bonchev–Trinajstić information content (AvgIpc) is 2.69. The number of phenols is 1. The molecule has 134 valence electrons. The molecule has 0 saturated heterocycles. The summed E-state index contributed by atoms with van der Waals surface area (Å²) in [4.78, 5) is 11.9. The van der Waals surface area contributed by atoms with E-state index in [1.807, 2.05) is 30.3 Å². The van der Waals surface area contributed by atoms with Crippen LogP contribution in [0.5, 0.6) is 5.75 Å². The molecule has 0 spiro atoms. The summed E-state index contributed by atoms with van der Waals surface area (Å²) in [6.07, 6.45) is 1.27. The maximum atomic E-state index is 13.1. The van der Waals surface area contributed by atoms with E-state index in [4.69, 9.17) is 0 Å². The summed E-state index contributed by atoms with van der Waals surface area (Å²) in [5.74, 6) is -1.11. The van der Waals surface area contributed by atoms with Crippen LogP contribution in [0.25, 0.3) is 0 Å². The predicted octanol–water partition coefficient (Wildman–Crippen LogP) is 4.71. The molecule has 0 unspecified atom stereocenters. The van der Waals surface area contributed by atoms with Gasteiger partial charge in [-0.25, -0.2) is 9.82 Å². The van der Waals surface area contributed by atoms with E-state index in [2.05, 4.69) is 20.8 Å². The Morgan fingerprint density at radius 2 is 1.70 bits per heavy atom. The highest BCUT2D eigenvalue weighted by Crippen LogP contribution is 2.23. The number of halogens is 1. The Kier molecular flexibility index (Phi) is 5.64. The van der Waals surface area contributed by atoms with Crippen LogP contribution < -0.4 is 5.43 Å². The third-order valence-corrected chi connectivity index (χ3v) is 3.50. The van der Waals surface area contributed by atoms with Crippen LogP contribution in [0.2, 0.25) is 0 Å². The normalized spacial score (nSPS) is 11.1. The first kappa shape index (κ1) is 17.9. The second kappa shape index (κ2) is 8.48. The topological polar surface area (TPSA) is 86.4 Å². The van der Waals surface area contributed by atoms with Gasteiger partial charge in [0.15, 0.2) is 0 Å². The molecule has 0 bridgehead atoms. The van der Waals surface area contributed by atoms with Gasteiger partial charge in [0.2, 0.25) is 0 Å². The maximum Gasteiger partial charge on any atom is 0.271 e. The number of phenolic OH excluding ortho intramolecular Hbond substituents is 1. The van der Waals surface area contributed by atoms with Gasteiger partial charge in [0, 0.05) is 11.1 Å². The first-order valence-electron chi connectivity index (χ1n) is 8.00. The molecule has 0 aliphatic heterocycles. The van der Waals surface area contributed by atoms with Gasteiger partial charge in [-0.1, -0.05) is 24.3 Å². The molecular weight excluding hydrogens is 347 g/mol. The second-order valence-electron chi connectivity index (χ2n) is 5.49. The summed E-state index contributed by atoms with van der Waals surface area (Å²) >= 11 is 0. The molecule has 0 saturated carbocycles. The van der Waals surface area contributed by atoms with Crippen molar-refractivity contribution in [1.29, 1.82) is 0 Å². The van der Waals surface area contributed by atoms with Crippen molar-refractivity contribution in [3.63, 3.8) is 0 Å². The van der Waals surface area contributed by atoms with E-state index in [0.29, 0.717) is 16.9 Å². The van der Waals surface area contributed by atoms with Gasteiger partial charge in [-0.2, -0.15) is 15.3 Å². The first-order chi connectivity index (χ1) is 13.1. The third kappa shape index (κ3) is 5.05. The number of carbonyl (C=O) groups excluding carboxylic acids is 1. The van der Waals surface area contributed by atoms with Crippen LogP contribution in [0.1, 0.15) is 15.9 Å². The molecule has 0 aromatic heterocycles. The molecule has 0 fully saturated rings. The Bertz CT molecular complexity index is 1000. The van der Waals surface area contributed by atoms with Gasteiger partial charge >= 0.3 is 0 Å². The largest absolute Gasteiger partial charge is 0.507 e. The number of benzene rings is 3. The van der Waals surface area contributed by atoms with Crippen molar-refractivity contribution >= 4 is 23.5 Å². The molecular formula is C20H15FN4O2. The van der Waals surface area contributed by atoms with E-state index < -0.39 is 11.7 Å². The minimum Gasteiger partial charge on any atom is -0.507 e. The van der Waals surface area contributed by atoms with Crippen molar-refractivity contribution in [3.8, 4) is 5.75 Å². The van der Waals surface area contributed by atoms with Gasteiger partial charge in [-0.15, -0.1) is 0 Å². The van der Waals surface area contributed by atoms with Gasteiger partial charge < -0.3 is 5.11 Å².